The van der Waals surface area contributed by atoms with E-state index >= 15 is 0 Å². The molecule has 1 heterocycles. The molecule has 2 aliphatic rings. The van der Waals surface area contributed by atoms with Crippen LogP contribution in [-0.2, 0) is 14.6 Å². The topological polar surface area (TPSA) is 104 Å². The van der Waals surface area contributed by atoms with Crippen LogP contribution in [0.3, 0.4) is 0 Å². The van der Waals surface area contributed by atoms with Gasteiger partial charge in [0, 0.05) is 17.8 Å². The first-order chi connectivity index (χ1) is 9.77. The molecule has 0 spiro atoms. The van der Waals surface area contributed by atoms with Gasteiger partial charge in [0.05, 0.1) is 24.0 Å². The summed E-state index contributed by atoms with van der Waals surface area (Å²) in [4.78, 5) is 24.4. The summed E-state index contributed by atoms with van der Waals surface area (Å²) in [6.45, 7) is 0.592. The van der Waals surface area contributed by atoms with Gasteiger partial charge in [0.2, 0.25) is 0 Å². The van der Waals surface area contributed by atoms with Crippen LogP contribution in [-0.4, -0.2) is 72.1 Å². The normalized spacial score (nSPS) is 26.1. The zero-order valence-electron chi connectivity index (χ0n) is 11.9. The van der Waals surface area contributed by atoms with Crippen molar-refractivity contribution >= 4 is 33.6 Å². The molecule has 1 saturated heterocycles. The molecule has 1 saturated carbocycles. The Hall–Kier alpha value is -0.960. The van der Waals surface area contributed by atoms with Gasteiger partial charge in [-0.15, -0.1) is 0 Å². The van der Waals surface area contributed by atoms with Gasteiger partial charge in [-0.25, -0.2) is 13.2 Å². The van der Waals surface area contributed by atoms with Gasteiger partial charge in [0.1, 0.15) is 0 Å². The summed E-state index contributed by atoms with van der Waals surface area (Å²) in [6.07, 6.45) is 3.77. The zero-order valence-corrected chi connectivity index (χ0v) is 13.5. The second-order valence-corrected chi connectivity index (χ2v) is 9.11. The first kappa shape index (κ1) is 16.4. The number of carbonyl (C=O) groups is 2. The number of nitrogens with zero attached hydrogens (tertiary/aromatic N) is 1. The molecule has 0 aromatic heterocycles. The van der Waals surface area contributed by atoms with Gasteiger partial charge < -0.3 is 15.3 Å². The Labute approximate surface area is 128 Å². The summed E-state index contributed by atoms with van der Waals surface area (Å²) in [5.41, 5.74) is 0. The Kier molecular flexibility index (Phi) is 4.72. The van der Waals surface area contributed by atoms with E-state index in [1.807, 2.05) is 6.26 Å². The fraction of sp³-hybridized carbons (Fsp3) is 0.833. The molecular weight excluding hydrogens is 316 g/mol. The first-order valence-corrected chi connectivity index (χ1v) is 9.83. The molecule has 2 rings (SSSR count). The molecule has 9 heteroatoms. The largest absolute Gasteiger partial charge is 0.481 e. The first-order valence-electron chi connectivity index (χ1n) is 6.79. The van der Waals surface area contributed by atoms with Gasteiger partial charge >= 0.3 is 12.0 Å². The molecule has 1 unspecified atom stereocenters. The molecule has 2 amide bonds. The molecule has 0 radical (unpaired) electrons. The third-order valence-corrected chi connectivity index (χ3v) is 7.12. The standard InChI is InChI=1S/C12H20N2O5S2/c1-20-12(2-3-12)8-13-11(17)14-4-5-21(18,19)7-9(14)6-10(15)16/h9H,2-8H2,1H3,(H,13,17)(H,15,16). The van der Waals surface area contributed by atoms with Crippen molar-refractivity contribution in [1.29, 1.82) is 0 Å². The number of hydrogen-bond donors (Lipinski definition) is 2. The highest BCUT2D eigenvalue weighted by Crippen LogP contribution is 2.46. The van der Waals surface area contributed by atoms with Crippen LogP contribution in [0.2, 0.25) is 0 Å². The van der Waals surface area contributed by atoms with Gasteiger partial charge in [-0.3, -0.25) is 4.79 Å². The van der Waals surface area contributed by atoms with Crippen molar-refractivity contribution in [3.63, 3.8) is 0 Å². The second kappa shape index (κ2) is 6.04. The smallest absolute Gasteiger partial charge is 0.317 e. The Bertz CT molecular complexity index is 530. The Balaban J connectivity index is 1.98. The van der Waals surface area contributed by atoms with Gasteiger partial charge in [-0.1, -0.05) is 0 Å². The average Bonchev–Trinajstić information content (AvgIpc) is 3.15. The number of rotatable bonds is 5. The van der Waals surface area contributed by atoms with Crippen LogP contribution < -0.4 is 5.32 Å². The summed E-state index contributed by atoms with van der Waals surface area (Å²) in [6, 6.07) is -1.15. The monoisotopic (exact) mass is 336 g/mol. The number of amides is 2. The molecule has 0 aromatic carbocycles. The predicted octanol–water partition coefficient (Wildman–Crippen LogP) is 0.165. The predicted molar refractivity (Wildman–Crippen MR) is 80.3 cm³/mol. The van der Waals surface area contributed by atoms with E-state index in [0.29, 0.717) is 6.54 Å². The Morgan fingerprint density at radius 2 is 2.10 bits per heavy atom. The number of nitrogens with one attached hydrogen (secondary N) is 1. The van der Waals surface area contributed by atoms with E-state index in [1.54, 1.807) is 11.8 Å². The number of carboxylic acid groups (broad SMARTS) is 1. The lowest BCUT2D eigenvalue weighted by Crippen LogP contribution is -2.55. The molecule has 0 bridgehead atoms. The van der Waals surface area contributed by atoms with Gasteiger partial charge in [0.15, 0.2) is 9.84 Å². The van der Waals surface area contributed by atoms with Gasteiger partial charge in [0.25, 0.3) is 0 Å². The van der Waals surface area contributed by atoms with E-state index in [0.717, 1.165) is 12.8 Å². The second-order valence-electron chi connectivity index (χ2n) is 5.61. The maximum absolute atomic E-state index is 12.2. The number of urea groups is 1. The number of thioether (sulfide) groups is 1. The van der Waals surface area contributed by atoms with Crippen molar-refractivity contribution < 1.29 is 23.1 Å². The van der Waals surface area contributed by atoms with E-state index in [4.69, 9.17) is 5.11 Å². The SMILES string of the molecule is CSC1(CNC(=O)N2CCS(=O)(=O)CC2CC(=O)O)CC1. The molecule has 2 N–H and O–H groups in total. The van der Waals surface area contributed by atoms with Crippen LogP contribution >= 0.6 is 11.8 Å². The van der Waals surface area contributed by atoms with Crippen LogP contribution in [0.5, 0.6) is 0 Å². The van der Waals surface area contributed by atoms with Crippen molar-refractivity contribution in [3.05, 3.63) is 0 Å². The third-order valence-electron chi connectivity index (χ3n) is 4.00. The van der Waals surface area contributed by atoms with Crippen molar-refractivity contribution in [2.24, 2.45) is 0 Å². The molecule has 2 fully saturated rings. The van der Waals surface area contributed by atoms with E-state index in [1.165, 1.54) is 4.90 Å². The van der Waals surface area contributed by atoms with E-state index in [-0.39, 0.29) is 35.2 Å². The Morgan fingerprint density at radius 3 is 2.62 bits per heavy atom. The molecule has 120 valence electrons. The van der Waals surface area contributed by atoms with Crippen molar-refractivity contribution in [1.82, 2.24) is 10.2 Å². The molecule has 1 aliphatic heterocycles. The maximum atomic E-state index is 12.2. The van der Waals surface area contributed by atoms with Crippen LogP contribution in [0.15, 0.2) is 0 Å². The highest BCUT2D eigenvalue weighted by Gasteiger charge is 2.43. The minimum atomic E-state index is -3.27. The fourth-order valence-corrected chi connectivity index (χ4v) is 4.71. The van der Waals surface area contributed by atoms with Crippen molar-refractivity contribution in [3.8, 4) is 0 Å². The van der Waals surface area contributed by atoms with Crippen LogP contribution in [0.1, 0.15) is 19.3 Å². The molecular formula is C12H20N2O5S2. The lowest BCUT2D eigenvalue weighted by Gasteiger charge is -2.35. The van der Waals surface area contributed by atoms with E-state index in [9.17, 15) is 18.0 Å². The maximum Gasteiger partial charge on any atom is 0.317 e. The summed E-state index contributed by atoms with van der Waals surface area (Å²) in [5, 5.41) is 11.7. The van der Waals surface area contributed by atoms with Gasteiger partial charge in [-0.05, 0) is 19.1 Å². The molecule has 21 heavy (non-hydrogen) atoms. The summed E-state index contributed by atoms with van der Waals surface area (Å²) in [5.74, 6) is -1.48. The minimum absolute atomic E-state index is 0.0539. The fourth-order valence-electron chi connectivity index (χ4n) is 2.46. The molecule has 1 atom stereocenters. The minimum Gasteiger partial charge on any atom is -0.481 e. The lowest BCUT2D eigenvalue weighted by atomic mass is 10.2. The quantitative estimate of drug-likeness (QED) is 0.741. The number of sulfone groups is 1. The third kappa shape index (κ3) is 4.26. The van der Waals surface area contributed by atoms with Gasteiger partial charge in [-0.2, -0.15) is 11.8 Å². The zero-order chi connectivity index (χ0) is 15.7. The average molecular weight is 336 g/mol. The number of carbonyl (C=O) groups excluding carboxylic acids is 1. The highest BCUT2D eigenvalue weighted by molar-refractivity contribution is 8.00. The van der Waals surface area contributed by atoms with Crippen molar-refractivity contribution in [2.75, 3.05) is 30.9 Å². The number of aliphatic carboxylic acids is 1. The molecule has 0 aromatic rings. The number of carboxylic acids is 1. The number of hydrogen-bond acceptors (Lipinski definition) is 5. The lowest BCUT2D eigenvalue weighted by molar-refractivity contribution is -0.138. The summed E-state index contributed by atoms with van der Waals surface area (Å²) in [7, 11) is -3.27. The summed E-state index contributed by atoms with van der Waals surface area (Å²) < 4.78 is 23.4. The van der Waals surface area contributed by atoms with E-state index < -0.39 is 21.8 Å². The Morgan fingerprint density at radius 1 is 1.43 bits per heavy atom. The summed E-state index contributed by atoms with van der Waals surface area (Å²) >= 11 is 1.71. The highest BCUT2D eigenvalue weighted by atomic mass is 32.2. The van der Waals surface area contributed by atoms with Crippen LogP contribution in [0.25, 0.3) is 0 Å². The van der Waals surface area contributed by atoms with E-state index in [2.05, 4.69) is 5.32 Å². The van der Waals surface area contributed by atoms with Crippen LogP contribution in [0.4, 0.5) is 4.79 Å². The molecule has 1 aliphatic carbocycles. The van der Waals surface area contributed by atoms with Crippen molar-refractivity contribution in [2.45, 2.75) is 30.1 Å². The molecule has 7 nitrogen and oxygen atoms in total. The van der Waals surface area contributed by atoms with Crippen LogP contribution in [0, 0.1) is 0 Å².